The molecule has 2 fully saturated rings. The van der Waals surface area contributed by atoms with E-state index >= 15 is 0 Å². The fourth-order valence-electron chi connectivity index (χ4n) is 2.72. The lowest BCUT2D eigenvalue weighted by Crippen LogP contribution is -2.38. The molecule has 2 aliphatic rings. The van der Waals surface area contributed by atoms with E-state index in [-0.39, 0.29) is 18.8 Å². The fourth-order valence-corrected chi connectivity index (χ4v) is 3.16. The first kappa shape index (κ1) is 15.2. The first-order chi connectivity index (χ1) is 9.82. The molecule has 9 heteroatoms. The van der Waals surface area contributed by atoms with Crippen LogP contribution >= 0.6 is 22.6 Å². The first-order valence-electron chi connectivity index (χ1n) is 6.54. The van der Waals surface area contributed by atoms with Gasteiger partial charge in [-0.25, -0.2) is 4.79 Å². The van der Waals surface area contributed by atoms with Gasteiger partial charge in [0.15, 0.2) is 12.0 Å². The summed E-state index contributed by atoms with van der Waals surface area (Å²) in [6.45, 7) is 3.86. The van der Waals surface area contributed by atoms with E-state index in [1.807, 2.05) is 22.6 Å². The van der Waals surface area contributed by atoms with E-state index in [1.165, 1.54) is 10.8 Å². The van der Waals surface area contributed by atoms with E-state index < -0.39 is 29.4 Å². The molecule has 0 aliphatic carbocycles. The largest absolute Gasteiger partial charge is 0.348 e. The minimum absolute atomic E-state index is 0.256. The predicted octanol–water partition coefficient (Wildman–Crippen LogP) is -0.483. The Hall–Kier alpha value is -0.750. The third-order valence-corrected chi connectivity index (χ3v) is 4.32. The van der Waals surface area contributed by atoms with Crippen LogP contribution in [0.5, 0.6) is 0 Å². The van der Waals surface area contributed by atoms with Crippen molar-refractivity contribution >= 4 is 22.6 Å². The number of nitrogens with two attached hydrogens (primary N) is 1. The highest BCUT2D eigenvalue weighted by molar-refractivity contribution is 14.1. The summed E-state index contributed by atoms with van der Waals surface area (Å²) in [5, 5.41) is 0. The van der Waals surface area contributed by atoms with E-state index in [4.69, 9.17) is 19.9 Å². The average molecular weight is 409 g/mol. The van der Waals surface area contributed by atoms with Crippen molar-refractivity contribution in [3.05, 3.63) is 30.6 Å². The molecule has 0 aromatic carbocycles. The normalized spacial score (nSPS) is 34.1. The van der Waals surface area contributed by atoms with Crippen LogP contribution in [0.4, 0.5) is 0 Å². The van der Waals surface area contributed by atoms with Gasteiger partial charge in [0.1, 0.15) is 18.3 Å². The van der Waals surface area contributed by atoms with Gasteiger partial charge in [-0.1, -0.05) is 0 Å². The molecule has 0 amide bonds. The van der Waals surface area contributed by atoms with Gasteiger partial charge < -0.3 is 19.9 Å². The number of H-pyrrole nitrogens is 1. The Morgan fingerprint density at radius 1 is 1.38 bits per heavy atom. The van der Waals surface area contributed by atoms with E-state index in [2.05, 4.69) is 4.98 Å². The number of fused-ring (bicyclic) bond motifs is 1. The number of ether oxygens (including phenoxy) is 3. The van der Waals surface area contributed by atoms with Crippen LogP contribution in [0.3, 0.4) is 0 Å². The number of rotatable bonds is 2. The second-order valence-electron chi connectivity index (χ2n) is 5.51. The number of hydrogen-bond acceptors (Lipinski definition) is 6. The van der Waals surface area contributed by atoms with Crippen molar-refractivity contribution in [1.82, 2.24) is 9.55 Å². The van der Waals surface area contributed by atoms with Crippen LogP contribution in [-0.4, -0.2) is 40.2 Å². The average Bonchev–Trinajstić information content (AvgIpc) is 2.87. The highest BCUT2D eigenvalue weighted by Gasteiger charge is 2.55. The highest BCUT2D eigenvalue weighted by Crippen LogP contribution is 2.42. The van der Waals surface area contributed by atoms with Gasteiger partial charge in [-0.05, 0) is 36.4 Å². The van der Waals surface area contributed by atoms with Crippen molar-refractivity contribution in [2.24, 2.45) is 5.73 Å². The molecule has 8 nitrogen and oxygen atoms in total. The van der Waals surface area contributed by atoms with Crippen molar-refractivity contribution in [2.75, 3.05) is 6.54 Å². The number of aromatic nitrogens is 2. The standard InChI is InChI=1S/C12H16IN3O5/c1-12(2)20-7-6(3-14)19-10(8(7)21-12)16-4-5(13)9(17)15-11(16)18/h4,6-8,10H,3,14H2,1-2H3,(H,15,17,18)/t6-,7-,8-,10-/m1/s1. The van der Waals surface area contributed by atoms with E-state index in [0.29, 0.717) is 3.57 Å². The van der Waals surface area contributed by atoms with Gasteiger partial charge in [-0.2, -0.15) is 0 Å². The zero-order valence-electron chi connectivity index (χ0n) is 11.5. The summed E-state index contributed by atoms with van der Waals surface area (Å²) in [5.41, 5.74) is 4.73. The van der Waals surface area contributed by atoms with Crippen molar-refractivity contribution in [2.45, 2.75) is 44.2 Å². The molecular formula is C12H16IN3O5. The third-order valence-electron chi connectivity index (χ3n) is 3.56. The minimum Gasteiger partial charge on any atom is -0.348 e. The SMILES string of the molecule is CC1(C)O[C@@H]2[C@H](O1)[C@@H](CN)O[C@H]2n1cc(I)c(=O)[nH]c1=O. The summed E-state index contributed by atoms with van der Waals surface area (Å²) in [6, 6.07) is 0. The minimum atomic E-state index is -0.760. The lowest BCUT2D eigenvalue weighted by Gasteiger charge is -2.24. The van der Waals surface area contributed by atoms with E-state index in [0.717, 1.165) is 0 Å². The monoisotopic (exact) mass is 409 g/mol. The number of aromatic amines is 1. The Bertz CT molecular complexity index is 670. The molecule has 3 rings (SSSR count). The summed E-state index contributed by atoms with van der Waals surface area (Å²) in [6.07, 6.45) is -0.377. The van der Waals surface area contributed by atoms with Crippen LogP contribution < -0.4 is 17.0 Å². The summed E-state index contributed by atoms with van der Waals surface area (Å²) in [7, 11) is 0. The lowest BCUT2D eigenvalue weighted by molar-refractivity contribution is -0.196. The van der Waals surface area contributed by atoms with Crippen LogP contribution in [0, 0.1) is 3.57 Å². The van der Waals surface area contributed by atoms with E-state index in [1.54, 1.807) is 13.8 Å². The molecule has 1 aromatic rings. The summed E-state index contributed by atoms with van der Waals surface area (Å²) < 4.78 is 19.2. The quantitative estimate of drug-likeness (QED) is 0.639. The predicted molar refractivity (Wildman–Crippen MR) is 80.8 cm³/mol. The van der Waals surface area contributed by atoms with E-state index in [9.17, 15) is 9.59 Å². The molecule has 3 N–H and O–H groups in total. The summed E-state index contributed by atoms with van der Waals surface area (Å²) in [4.78, 5) is 25.7. The second kappa shape index (κ2) is 5.16. The fraction of sp³-hybridized carbons (Fsp3) is 0.667. The molecule has 2 aliphatic heterocycles. The molecule has 2 saturated heterocycles. The van der Waals surface area contributed by atoms with Crippen LogP contribution in [0.15, 0.2) is 15.8 Å². The van der Waals surface area contributed by atoms with Crippen LogP contribution in [0.25, 0.3) is 0 Å². The van der Waals surface area contributed by atoms with Gasteiger partial charge in [0.25, 0.3) is 5.56 Å². The smallest absolute Gasteiger partial charge is 0.330 e. The zero-order valence-corrected chi connectivity index (χ0v) is 13.7. The van der Waals surface area contributed by atoms with Gasteiger partial charge in [-0.3, -0.25) is 14.3 Å². The summed E-state index contributed by atoms with van der Waals surface area (Å²) >= 11 is 1.86. The molecule has 4 atom stereocenters. The van der Waals surface area contributed by atoms with Crippen LogP contribution in [0.2, 0.25) is 0 Å². The zero-order chi connectivity index (χ0) is 15.4. The van der Waals surface area contributed by atoms with Gasteiger partial charge in [0, 0.05) is 12.7 Å². The maximum absolute atomic E-state index is 12.0. The van der Waals surface area contributed by atoms with Crippen LogP contribution in [0.1, 0.15) is 20.1 Å². The van der Waals surface area contributed by atoms with Crippen molar-refractivity contribution in [3.63, 3.8) is 0 Å². The van der Waals surface area contributed by atoms with Gasteiger partial charge >= 0.3 is 5.69 Å². The van der Waals surface area contributed by atoms with Crippen molar-refractivity contribution in [1.29, 1.82) is 0 Å². The number of halogens is 1. The molecular weight excluding hydrogens is 393 g/mol. The summed E-state index contributed by atoms with van der Waals surface area (Å²) in [5.74, 6) is -0.760. The molecule has 0 spiro atoms. The highest BCUT2D eigenvalue weighted by atomic mass is 127. The van der Waals surface area contributed by atoms with Gasteiger partial charge in [-0.15, -0.1) is 0 Å². The molecule has 116 valence electrons. The number of nitrogens with zero attached hydrogens (tertiary/aromatic N) is 1. The third kappa shape index (κ3) is 2.57. The maximum Gasteiger partial charge on any atom is 0.330 e. The van der Waals surface area contributed by atoms with Crippen molar-refractivity contribution in [3.8, 4) is 0 Å². The lowest BCUT2D eigenvalue weighted by atomic mass is 10.1. The Morgan fingerprint density at radius 3 is 2.71 bits per heavy atom. The Balaban J connectivity index is 2.01. The molecule has 0 unspecified atom stereocenters. The number of nitrogens with one attached hydrogen (secondary N) is 1. The molecule has 21 heavy (non-hydrogen) atoms. The molecule has 0 bridgehead atoms. The van der Waals surface area contributed by atoms with Gasteiger partial charge in [0.05, 0.1) is 3.57 Å². The van der Waals surface area contributed by atoms with Gasteiger partial charge in [0.2, 0.25) is 0 Å². The first-order valence-corrected chi connectivity index (χ1v) is 7.62. The molecule has 0 radical (unpaired) electrons. The topological polar surface area (TPSA) is 109 Å². The van der Waals surface area contributed by atoms with Crippen LogP contribution in [-0.2, 0) is 14.2 Å². The molecule has 0 saturated carbocycles. The molecule has 1 aromatic heterocycles. The Kier molecular flexibility index (Phi) is 3.72. The molecule has 3 heterocycles. The number of hydrogen-bond donors (Lipinski definition) is 2. The Labute approximate surface area is 133 Å². The second-order valence-corrected chi connectivity index (χ2v) is 6.67. The maximum atomic E-state index is 12.0. The van der Waals surface area contributed by atoms with Crippen molar-refractivity contribution < 1.29 is 14.2 Å². The Morgan fingerprint density at radius 2 is 2.05 bits per heavy atom.